The highest BCUT2D eigenvalue weighted by Gasteiger charge is 2.22. The predicted molar refractivity (Wildman–Crippen MR) is 49.2 cm³/mol. The van der Waals surface area contributed by atoms with Crippen molar-refractivity contribution in [3.05, 3.63) is 17.7 Å². The summed E-state index contributed by atoms with van der Waals surface area (Å²) < 4.78 is 2.31. The average molecular weight is 164 g/mol. The van der Waals surface area contributed by atoms with E-state index in [9.17, 15) is 0 Å². The molecule has 0 aliphatic carbocycles. The van der Waals surface area contributed by atoms with Crippen LogP contribution in [0.15, 0.2) is 6.33 Å². The van der Waals surface area contributed by atoms with Crippen LogP contribution in [0.2, 0.25) is 0 Å². The van der Waals surface area contributed by atoms with Crippen LogP contribution in [0.4, 0.5) is 0 Å². The Labute approximate surface area is 73.6 Å². The van der Waals surface area contributed by atoms with Gasteiger partial charge in [0.15, 0.2) is 0 Å². The molecule has 2 heteroatoms. The molecule has 2 heterocycles. The second kappa shape index (κ2) is 2.61. The molecule has 66 valence electrons. The minimum atomic E-state index is 0.576. The Morgan fingerprint density at radius 1 is 1.58 bits per heavy atom. The van der Waals surface area contributed by atoms with Gasteiger partial charge in [0.25, 0.3) is 0 Å². The highest BCUT2D eigenvalue weighted by molar-refractivity contribution is 5.19. The van der Waals surface area contributed by atoms with Crippen molar-refractivity contribution in [1.82, 2.24) is 9.55 Å². The van der Waals surface area contributed by atoms with Crippen molar-refractivity contribution in [1.29, 1.82) is 0 Å². The van der Waals surface area contributed by atoms with Gasteiger partial charge in [0.1, 0.15) is 0 Å². The van der Waals surface area contributed by atoms with Crippen LogP contribution in [0.3, 0.4) is 0 Å². The Kier molecular flexibility index (Phi) is 1.71. The number of rotatable bonds is 1. The van der Waals surface area contributed by atoms with E-state index in [4.69, 9.17) is 0 Å². The van der Waals surface area contributed by atoms with Gasteiger partial charge in [0.2, 0.25) is 0 Å². The fourth-order valence-corrected chi connectivity index (χ4v) is 2.02. The van der Waals surface area contributed by atoms with Crippen LogP contribution in [-0.2, 0) is 13.0 Å². The number of imidazole rings is 1. The lowest BCUT2D eigenvalue weighted by Gasteiger charge is -2.02. The van der Waals surface area contributed by atoms with Crippen LogP contribution in [0.25, 0.3) is 0 Å². The maximum atomic E-state index is 4.43. The van der Waals surface area contributed by atoms with E-state index < -0.39 is 0 Å². The summed E-state index contributed by atoms with van der Waals surface area (Å²) in [7, 11) is 0. The zero-order valence-electron chi connectivity index (χ0n) is 8.04. The Morgan fingerprint density at radius 3 is 3.00 bits per heavy atom. The minimum absolute atomic E-state index is 0.576. The van der Waals surface area contributed by atoms with Crippen LogP contribution >= 0.6 is 0 Å². The van der Waals surface area contributed by atoms with E-state index in [0.717, 1.165) is 12.5 Å². The van der Waals surface area contributed by atoms with Crippen molar-refractivity contribution >= 4 is 0 Å². The second-order valence-electron chi connectivity index (χ2n) is 4.19. The molecule has 0 bridgehead atoms. The molecule has 1 atom stereocenters. The van der Waals surface area contributed by atoms with Crippen molar-refractivity contribution in [2.75, 3.05) is 0 Å². The summed E-state index contributed by atoms with van der Waals surface area (Å²) in [6, 6.07) is 0. The van der Waals surface area contributed by atoms with Crippen molar-refractivity contribution < 1.29 is 0 Å². The smallest absolute Gasteiger partial charge is 0.0951 e. The molecule has 0 saturated heterocycles. The average Bonchev–Trinajstić information content (AvgIpc) is 2.43. The highest BCUT2D eigenvalue weighted by Crippen LogP contribution is 2.26. The largest absolute Gasteiger partial charge is 0.334 e. The quantitative estimate of drug-likeness (QED) is 0.622. The zero-order valence-corrected chi connectivity index (χ0v) is 8.04. The molecule has 12 heavy (non-hydrogen) atoms. The molecule has 2 nitrogen and oxygen atoms in total. The number of nitrogens with zero attached hydrogens (tertiary/aromatic N) is 2. The lowest BCUT2D eigenvalue weighted by molar-refractivity contribution is 0.559. The van der Waals surface area contributed by atoms with Crippen molar-refractivity contribution in [3.8, 4) is 0 Å². The van der Waals surface area contributed by atoms with Gasteiger partial charge in [-0.05, 0) is 18.3 Å². The standard InChI is InChI=1S/C10H16N2/c1-7(2)10-9-4-8(3)5-12(9)6-11-10/h6-8H,4-5H2,1-3H3. The lowest BCUT2D eigenvalue weighted by Crippen LogP contribution is -1.96. The number of aromatic nitrogens is 2. The zero-order chi connectivity index (χ0) is 8.72. The molecular weight excluding hydrogens is 148 g/mol. The molecule has 0 spiro atoms. The molecule has 1 aromatic rings. The summed E-state index contributed by atoms with van der Waals surface area (Å²) >= 11 is 0. The SMILES string of the molecule is CC1Cc2c(C(C)C)ncn2C1. The first-order chi connectivity index (χ1) is 5.68. The molecule has 0 aromatic carbocycles. The summed E-state index contributed by atoms with van der Waals surface area (Å²) in [6.07, 6.45) is 3.21. The molecule has 1 aliphatic rings. The summed E-state index contributed by atoms with van der Waals surface area (Å²) in [5.41, 5.74) is 2.77. The minimum Gasteiger partial charge on any atom is -0.334 e. The van der Waals surface area contributed by atoms with Crippen LogP contribution in [0.1, 0.15) is 38.1 Å². The Bertz CT molecular complexity index is 286. The van der Waals surface area contributed by atoms with Gasteiger partial charge in [-0.15, -0.1) is 0 Å². The van der Waals surface area contributed by atoms with Crippen LogP contribution < -0.4 is 0 Å². The summed E-state index contributed by atoms with van der Waals surface area (Å²) in [4.78, 5) is 4.43. The monoisotopic (exact) mass is 164 g/mol. The topological polar surface area (TPSA) is 17.8 Å². The van der Waals surface area contributed by atoms with Gasteiger partial charge in [0, 0.05) is 12.2 Å². The van der Waals surface area contributed by atoms with E-state index in [1.54, 1.807) is 0 Å². The molecule has 0 N–H and O–H groups in total. The van der Waals surface area contributed by atoms with Crippen molar-refractivity contribution in [2.45, 2.75) is 39.7 Å². The number of hydrogen-bond acceptors (Lipinski definition) is 1. The maximum absolute atomic E-state index is 4.43. The van der Waals surface area contributed by atoms with Crippen LogP contribution in [0, 0.1) is 5.92 Å². The molecule has 0 radical (unpaired) electrons. The summed E-state index contributed by atoms with van der Waals surface area (Å²) in [6.45, 7) is 7.89. The number of hydrogen-bond donors (Lipinski definition) is 0. The summed E-state index contributed by atoms with van der Waals surface area (Å²) in [5.74, 6) is 1.38. The van der Waals surface area contributed by atoms with E-state index in [-0.39, 0.29) is 0 Å². The first kappa shape index (κ1) is 7.84. The van der Waals surface area contributed by atoms with E-state index in [1.807, 2.05) is 6.33 Å². The Morgan fingerprint density at radius 2 is 2.33 bits per heavy atom. The van der Waals surface area contributed by atoms with E-state index in [1.165, 1.54) is 17.8 Å². The highest BCUT2D eigenvalue weighted by atomic mass is 15.1. The van der Waals surface area contributed by atoms with Crippen molar-refractivity contribution in [2.24, 2.45) is 5.92 Å². The van der Waals surface area contributed by atoms with Gasteiger partial charge in [0.05, 0.1) is 12.0 Å². The van der Waals surface area contributed by atoms with Gasteiger partial charge in [-0.2, -0.15) is 0 Å². The third-order valence-corrected chi connectivity index (χ3v) is 2.58. The first-order valence-electron chi connectivity index (χ1n) is 4.72. The molecule has 2 rings (SSSR count). The lowest BCUT2D eigenvalue weighted by atomic mass is 10.0. The van der Waals surface area contributed by atoms with Crippen LogP contribution in [-0.4, -0.2) is 9.55 Å². The first-order valence-corrected chi connectivity index (χ1v) is 4.72. The number of fused-ring (bicyclic) bond motifs is 1. The van der Waals surface area contributed by atoms with Gasteiger partial charge >= 0.3 is 0 Å². The third kappa shape index (κ3) is 1.06. The fourth-order valence-electron chi connectivity index (χ4n) is 2.02. The molecular formula is C10H16N2. The molecule has 1 aromatic heterocycles. The van der Waals surface area contributed by atoms with Gasteiger partial charge in [-0.3, -0.25) is 0 Å². The molecule has 0 saturated carbocycles. The molecule has 1 aliphatic heterocycles. The van der Waals surface area contributed by atoms with E-state index >= 15 is 0 Å². The van der Waals surface area contributed by atoms with E-state index in [0.29, 0.717) is 5.92 Å². The fraction of sp³-hybridized carbons (Fsp3) is 0.700. The molecule has 1 unspecified atom stereocenters. The van der Waals surface area contributed by atoms with Crippen LogP contribution in [0.5, 0.6) is 0 Å². The summed E-state index contributed by atoms with van der Waals surface area (Å²) in [5, 5.41) is 0. The Hall–Kier alpha value is -0.790. The Balaban J connectivity index is 2.37. The predicted octanol–water partition coefficient (Wildman–Crippen LogP) is 2.20. The third-order valence-electron chi connectivity index (χ3n) is 2.58. The molecule has 0 amide bonds. The van der Waals surface area contributed by atoms with Gasteiger partial charge < -0.3 is 4.57 Å². The maximum Gasteiger partial charge on any atom is 0.0951 e. The van der Waals surface area contributed by atoms with Crippen molar-refractivity contribution in [3.63, 3.8) is 0 Å². The normalized spacial score (nSPS) is 21.8. The van der Waals surface area contributed by atoms with Gasteiger partial charge in [-0.1, -0.05) is 20.8 Å². The second-order valence-corrected chi connectivity index (χ2v) is 4.19. The van der Waals surface area contributed by atoms with Gasteiger partial charge in [-0.25, -0.2) is 4.98 Å². The molecule has 0 fully saturated rings. The van der Waals surface area contributed by atoms with E-state index in [2.05, 4.69) is 30.3 Å².